The maximum Gasteiger partial charge on any atom is 0.408 e. The van der Waals surface area contributed by atoms with E-state index in [4.69, 9.17) is 28.4 Å². The summed E-state index contributed by atoms with van der Waals surface area (Å²) in [5.74, 6) is -1.02. The monoisotopic (exact) mass is 934 g/mol. The highest BCUT2D eigenvalue weighted by Crippen LogP contribution is 2.54. The topological polar surface area (TPSA) is 186 Å². The number of fused-ring (bicyclic) bond motifs is 9. The van der Waals surface area contributed by atoms with Gasteiger partial charge in [0, 0.05) is 58.9 Å². The molecule has 2 aliphatic carbocycles. The van der Waals surface area contributed by atoms with Crippen molar-refractivity contribution in [2.24, 2.45) is 0 Å². The number of Topliss-reactive ketones (excluding diaryl/α,β-unsaturated/α-hetero) is 2. The molecule has 0 saturated carbocycles. The van der Waals surface area contributed by atoms with Crippen LogP contribution in [0.1, 0.15) is 73.9 Å². The molecule has 8 rings (SSSR count). The van der Waals surface area contributed by atoms with Crippen molar-refractivity contribution in [3.63, 3.8) is 0 Å². The molecule has 2 bridgehead atoms. The summed E-state index contributed by atoms with van der Waals surface area (Å²) in [6, 6.07) is 16.3. The summed E-state index contributed by atoms with van der Waals surface area (Å²) in [7, 11) is 5.08. The minimum atomic E-state index is -1.19. The molecule has 67 heavy (non-hydrogen) atoms. The third-order valence-electron chi connectivity index (χ3n) is 13.5. The second kappa shape index (κ2) is 19.5. The molecule has 0 spiro atoms. The standard InChI is InChI=1S/C51H58N4O11S/c1-27-19-29-20-37-39(22-52)55-38(43(54(37)6)41(29)48(47(27)62-8)65-26-63-18-17-61-7)21-34-42(46(58)45(57)28(2)44(34)56)40(55)23-64-49(59)36(53-50(60)66-51(3,4)5)25-67-24-35-32-15-11-9-13-30(32)31-14-10-12-16-33(31)35/h9-16,19,35-40,43,57H,17-18,20-21,23-26H2,1-8H3,(H,53,60)/t36-,37-,38+,39+,40+,43+/m1/s1. The summed E-state index contributed by atoms with van der Waals surface area (Å²) in [6.45, 7) is 8.59. The molecule has 3 heterocycles. The largest absolute Gasteiger partial charge is 0.504 e. The van der Waals surface area contributed by atoms with Crippen LogP contribution in [-0.2, 0) is 39.8 Å². The normalized spacial score (nSPS) is 22.8. The number of amides is 1. The molecule has 5 aliphatic rings. The number of esters is 1. The summed E-state index contributed by atoms with van der Waals surface area (Å²) < 4.78 is 35.0. The molecule has 3 aromatic rings. The fourth-order valence-corrected chi connectivity index (χ4v) is 11.8. The summed E-state index contributed by atoms with van der Waals surface area (Å²) in [4.78, 5) is 60.3. The predicted octanol–water partition coefficient (Wildman–Crippen LogP) is 6.51. The van der Waals surface area contributed by atoms with Crippen LogP contribution in [0.3, 0.4) is 0 Å². The second-order valence-corrected chi connectivity index (χ2v) is 19.7. The second-order valence-electron chi connectivity index (χ2n) is 18.6. The number of carbonyl (C=O) groups excluding carboxylic acids is 4. The van der Waals surface area contributed by atoms with Gasteiger partial charge >= 0.3 is 12.1 Å². The molecule has 0 aromatic heterocycles. The van der Waals surface area contributed by atoms with Gasteiger partial charge in [-0.25, -0.2) is 9.59 Å². The fourth-order valence-electron chi connectivity index (χ4n) is 10.6. The van der Waals surface area contributed by atoms with E-state index in [2.05, 4.69) is 40.6 Å². The average molecular weight is 935 g/mol. The quantitative estimate of drug-likeness (QED) is 0.0727. The molecular weight excluding hydrogens is 877 g/mol. The first-order chi connectivity index (χ1) is 32.1. The molecule has 16 heteroatoms. The van der Waals surface area contributed by atoms with Crippen molar-refractivity contribution in [2.45, 2.75) is 95.2 Å². The van der Waals surface area contributed by atoms with Gasteiger partial charge in [-0.05, 0) is 87.9 Å². The first-order valence-electron chi connectivity index (χ1n) is 22.5. The van der Waals surface area contributed by atoms with Crippen LogP contribution in [0.25, 0.3) is 11.1 Å². The van der Waals surface area contributed by atoms with Crippen LogP contribution in [0, 0.1) is 18.3 Å². The zero-order chi connectivity index (χ0) is 47.9. The van der Waals surface area contributed by atoms with E-state index in [-0.39, 0.29) is 41.6 Å². The van der Waals surface area contributed by atoms with Crippen LogP contribution in [0.2, 0.25) is 0 Å². The van der Waals surface area contributed by atoms with Gasteiger partial charge in [-0.1, -0.05) is 54.6 Å². The number of hydrogen-bond acceptors (Lipinski definition) is 15. The SMILES string of the molecule is COCCOCOc1c(OC)c(C)cc2c1[C@@H]1[C@@H]3CC4=C(C(=O)C(O)=C(C)C4=O)[C@H](COC(=O)[C@@H](CSCC4c5ccccc5-c5ccccc54)NC(=O)OC(C)(C)C)N3[C@@H](C#N)[C@@H](C2)N1C. The molecule has 1 fully saturated rings. The van der Waals surface area contributed by atoms with Crippen LogP contribution < -0.4 is 14.8 Å². The maximum absolute atomic E-state index is 14.5. The molecular formula is C51H58N4O11S. The Morgan fingerprint density at radius 3 is 2.30 bits per heavy atom. The van der Waals surface area contributed by atoms with Crippen LogP contribution in [0.4, 0.5) is 4.79 Å². The Kier molecular flexibility index (Phi) is 13.9. The van der Waals surface area contributed by atoms with Crippen LogP contribution in [0.5, 0.6) is 11.5 Å². The molecule has 1 amide bonds. The van der Waals surface area contributed by atoms with E-state index in [1.54, 1.807) is 35.0 Å². The average Bonchev–Trinajstić information content (AvgIpc) is 3.61. The number of likely N-dealkylation sites (N-methyl/N-ethyl adjacent to an activating group) is 1. The van der Waals surface area contributed by atoms with E-state index < -0.39 is 77.8 Å². The van der Waals surface area contributed by atoms with Gasteiger partial charge in [-0.2, -0.15) is 17.0 Å². The number of rotatable bonds is 15. The maximum atomic E-state index is 14.5. The number of nitrogens with one attached hydrogen (secondary N) is 1. The van der Waals surface area contributed by atoms with Crippen molar-refractivity contribution in [3.8, 4) is 28.7 Å². The number of aryl methyl sites for hydroxylation is 1. The molecule has 0 radical (unpaired) electrons. The number of methoxy groups -OCH3 is 2. The number of aliphatic hydroxyl groups excluding tert-OH is 1. The smallest absolute Gasteiger partial charge is 0.408 e. The lowest BCUT2D eigenvalue weighted by molar-refractivity contribution is -0.150. The van der Waals surface area contributed by atoms with E-state index in [0.29, 0.717) is 36.9 Å². The molecule has 2 N–H and O–H groups in total. The zero-order valence-corrected chi connectivity index (χ0v) is 40.0. The van der Waals surface area contributed by atoms with Gasteiger partial charge in [0.25, 0.3) is 0 Å². The minimum Gasteiger partial charge on any atom is -0.504 e. The summed E-state index contributed by atoms with van der Waals surface area (Å²) >= 11 is 1.48. The predicted molar refractivity (Wildman–Crippen MR) is 250 cm³/mol. The van der Waals surface area contributed by atoms with Gasteiger partial charge < -0.3 is 38.8 Å². The molecule has 15 nitrogen and oxygen atoms in total. The number of aliphatic hydroxyl groups is 1. The molecule has 3 aliphatic heterocycles. The van der Waals surface area contributed by atoms with E-state index in [9.17, 15) is 29.5 Å². The van der Waals surface area contributed by atoms with Gasteiger partial charge in [0.05, 0.1) is 38.5 Å². The lowest BCUT2D eigenvalue weighted by atomic mass is 9.69. The first-order valence-corrected chi connectivity index (χ1v) is 23.7. The number of carbonyl (C=O) groups is 4. The summed E-state index contributed by atoms with van der Waals surface area (Å²) in [5.41, 5.74) is 6.46. The lowest BCUT2D eigenvalue weighted by Crippen LogP contribution is -2.70. The molecule has 3 aromatic carbocycles. The molecule has 354 valence electrons. The lowest BCUT2D eigenvalue weighted by Gasteiger charge is -2.60. The third kappa shape index (κ3) is 8.95. The minimum absolute atomic E-state index is 0.0191. The summed E-state index contributed by atoms with van der Waals surface area (Å²) in [5, 5.41) is 24.9. The number of hydrogen-bond donors (Lipinski definition) is 2. The van der Waals surface area contributed by atoms with Crippen LogP contribution in [0.15, 0.2) is 77.1 Å². The number of nitrogens with zero attached hydrogens (tertiary/aromatic N) is 3. The molecule has 6 atom stereocenters. The number of alkyl carbamates (subject to hydrolysis) is 1. The number of nitriles is 1. The van der Waals surface area contributed by atoms with E-state index in [1.807, 2.05) is 49.2 Å². The van der Waals surface area contributed by atoms with E-state index in [1.165, 1.54) is 29.8 Å². The van der Waals surface area contributed by atoms with Gasteiger partial charge in [0.1, 0.15) is 24.3 Å². The van der Waals surface area contributed by atoms with Crippen LogP contribution >= 0.6 is 11.8 Å². The zero-order valence-electron chi connectivity index (χ0n) is 39.2. The Morgan fingerprint density at radius 1 is 0.970 bits per heavy atom. The number of ether oxygens (including phenoxy) is 6. The number of ketones is 2. The van der Waals surface area contributed by atoms with Gasteiger partial charge in [0.15, 0.2) is 29.8 Å². The number of piperazine rings is 1. The Morgan fingerprint density at radius 2 is 1.66 bits per heavy atom. The highest BCUT2D eigenvalue weighted by molar-refractivity contribution is 7.99. The van der Waals surface area contributed by atoms with Gasteiger partial charge in [-0.3, -0.25) is 19.4 Å². The number of thioether (sulfide) groups is 1. The van der Waals surface area contributed by atoms with Gasteiger partial charge in [-0.15, -0.1) is 0 Å². The fraction of sp³-hybridized carbons (Fsp3) is 0.471. The van der Waals surface area contributed by atoms with Crippen molar-refractivity contribution >= 4 is 35.4 Å². The van der Waals surface area contributed by atoms with E-state index >= 15 is 0 Å². The third-order valence-corrected chi connectivity index (χ3v) is 14.6. The Labute approximate surface area is 395 Å². The van der Waals surface area contributed by atoms with Crippen molar-refractivity contribution in [2.75, 3.05) is 59.4 Å². The highest BCUT2D eigenvalue weighted by atomic mass is 32.2. The van der Waals surface area contributed by atoms with Gasteiger partial charge in [0.2, 0.25) is 5.78 Å². The number of benzene rings is 3. The van der Waals surface area contributed by atoms with Crippen molar-refractivity contribution in [1.82, 2.24) is 15.1 Å². The first kappa shape index (κ1) is 47.8. The Balaban J connectivity index is 1.13. The molecule has 0 unspecified atom stereocenters. The van der Waals surface area contributed by atoms with Crippen molar-refractivity contribution in [3.05, 3.63) is 105 Å². The molecule has 1 saturated heterocycles. The van der Waals surface area contributed by atoms with Crippen LogP contribution in [-0.4, -0.2) is 134 Å². The Bertz CT molecular complexity index is 2530. The van der Waals surface area contributed by atoms with E-state index in [0.717, 1.165) is 27.8 Å². The highest BCUT2D eigenvalue weighted by Gasteiger charge is 2.58. The van der Waals surface area contributed by atoms with Crippen molar-refractivity contribution < 1.29 is 52.7 Å². The number of allylic oxidation sites excluding steroid dienone is 2. The summed E-state index contributed by atoms with van der Waals surface area (Å²) in [6.07, 6.45) is -0.350. The van der Waals surface area contributed by atoms with Crippen molar-refractivity contribution in [1.29, 1.82) is 5.26 Å². The Hall–Kier alpha value is -5.70.